The lowest BCUT2D eigenvalue weighted by atomic mass is 9.84. The van der Waals surface area contributed by atoms with Crippen LogP contribution in [0.15, 0.2) is 24.4 Å². The van der Waals surface area contributed by atoms with E-state index in [-0.39, 0.29) is 5.54 Å². The van der Waals surface area contributed by atoms with Gasteiger partial charge in [-0.3, -0.25) is 9.88 Å². The van der Waals surface area contributed by atoms with Crippen LogP contribution in [0.2, 0.25) is 0 Å². The first-order chi connectivity index (χ1) is 9.70. The Morgan fingerprint density at radius 2 is 2.15 bits per heavy atom. The molecule has 0 bridgehead atoms. The SMILES string of the molecule is CCC(C)(C(Cc1ccccn1)NC)N1CCOCC1. The molecule has 0 aliphatic carbocycles. The highest BCUT2D eigenvalue weighted by atomic mass is 16.5. The molecular weight excluding hydrogens is 250 g/mol. The molecule has 1 N–H and O–H groups in total. The van der Waals surface area contributed by atoms with Crippen LogP contribution < -0.4 is 5.32 Å². The zero-order valence-electron chi connectivity index (χ0n) is 12.9. The normalized spacial score (nSPS) is 21.4. The van der Waals surface area contributed by atoms with Crippen molar-refractivity contribution in [2.24, 2.45) is 0 Å². The summed E-state index contributed by atoms with van der Waals surface area (Å²) < 4.78 is 5.50. The Kier molecular flexibility index (Phi) is 5.52. The standard InChI is InChI=1S/C16H27N3O/c1-4-16(2,19-9-11-20-12-10-19)15(17-3)13-14-7-5-6-8-18-14/h5-8,15,17H,4,9-13H2,1-3H3. The van der Waals surface area contributed by atoms with E-state index < -0.39 is 0 Å². The minimum atomic E-state index is 0.135. The summed E-state index contributed by atoms with van der Waals surface area (Å²) in [6, 6.07) is 6.53. The predicted octanol–water partition coefficient (Wildman–Crippen LogP) is 1.71. The average molecular weight is 277 g/mol. The topological polar surface area (TPSA) is 37.4 Å². The van der Waals surface area contributed by atoms with E-state index in [4.69, 9.17) is 4.74 Å². The van der Waals surface area contributed by atoms with Crippen LogP contribution >= 0.6 is 0 Å². The summed E-state index contributed by atoms with van der Waals surface area (Å²) in [6.07, 6.45) is 3.95. The molecule has 1 aromatic rings. The molecule has 2 rings (SSSR count). The van der Waals surface area contributed by atoms with E-state index >= 15 is 0 Å². The minimum Gasteiger partial charge on any atom is -0.379 e. The Morgan fingerprint density at radius 3 is 2.70 bits per heavy atom. The molecule has 0 radical (unpaired) electrons. The minimum absolute atomic E-state index is 0.135. The number of hydrogen-bond donors (Lipinski definition) is 1. The number of nitrogens with zero attached hydrogens (tertiary/aromatic N) is 2. The number of likely N-dealkylation sites (N-methyl/N-ethyl adjacent to an activating group) is 1. The average Bonchev–Trinajstić information content (AvgIpc) is 2.53. The number of ether oxygens (including phenoxy) is 1. The van der Waals surface area contributed by atoms with Gasteiger partial charge in [0.1, 0.15) is 0 Å². The van der Waals surface area contributed by atoms with Crippen LogP contribution in [0.3, 0.4) is 0 Å². The van der Waals surface area contributed by atoms with Crippen LogP contribution in [-0.2, 0) is 11.2 Å². The number of pyridine rings is 1. The first-order valence-corrected chi connectivity index (χ1v) is 7.60. The molecule has 20 heavy (non-hydrogen) atoms. The van der Waals surface area contributed by atoms with Crippen molar-refractivity contribution < 1.29 is 4.74 Å². The fraction of sp³-hybridized carbons (Fsp3) is 0.688. The molecular formula is C16H27N3O. The van der Waals surface area contributed by atoms with Crippen molar-refractivity contribution in [3.8, 4) is 0 Å². The van der Waals surface area contributed by atoms with Crippen molar-refractivity contribution in [2.45, 2.75) is 38.3 Å². The molecule has 0 saturated carbocycles. The lowest BCUT2D eigenvalue weighted by molar-refractivity contribution is -0.0314. The molecule has 2 atom stereocenters. The molecule has 0 amide bonds. The lowest BCUT2D eigenvalue weighted by Crippen LogP contribution is -2.62. The summed E-state index contributed by atoms with van der Waals surface area (Å²) in [5.74, 6) is 0. The van der Waals surface area contributed by atoms with Gasteiger partial charge in [0.05, 0.1) is 13.2 Å². The highest BCUT2D eigenvalue weighted by Gasteiger charge is 2.38. The number of morpholine rings is 1. The van der Waals surface area contributed by atoms with Crippen molar-refractivity contribution >= 4 is 0 Å². The van der Waals surface area contributed by atoms with E-state index in [2.05, 4.69) is 48.2 Å². The van der Waals surface area contributed by atoms with E-state index in [0.29, 0.717) is 6.04 Å². The van der Waals surface area contributed by atoms with Crippen molar-refractivity contribution in [3.05, 3.63) is 30.1 Å². The highest BCUT2D eigenvalue weighted by Crippen LogP contribution is 2.26. The van der Waals surface area contributed by atoms with Gasteiger partial charge in [0.15, 0.2) is 0 Å². The third kappa shape index (κ3) is 3.37. The second-order valence-electron chi connectivity index (χ2n) is 5.68. The third-order valence-corrected chi connectivity index (χ3v) is 4.69. The highest BCUT2D eigenvalue weighted by molar-refractivity contribution is 5.09. The summed E-state index contributed by atoms with van der Waals surface area (Å²) in [6.45, 7) is 8.36. The van der Waals surface area contributed by atoms with Crippen LogP contribution in [0.1, 0.15) is 26.0 Å². The van der Waals surface area contributed by atoms with Crippen molar-refractivity contribution in [2.75, 3.05) is 33.4 Å². The fourth-order valence-corrected chi connectivity index (χ4v) is 3.13. The Balaban J connectivity index is 2.13. The molecule has 0 aromatic carbocycles. The van der Waals surface area contributed by atoms with Gasteiger partial charge in [0, 0.05) is 43.0 Å². The van der Waals surface area contributed by atoms with Gasteiger partial charge in [-0.15, -0.1) is 0 Å². The fourth-order valence-electron chi connectivity index (χ4n) is 3.13. The van der Waals surface area contributed by atoms with Gasteiger partial charge in [-0.1, -0.05) is 13.0 Å². The first-order valence-electron chi connectivity index (χ1n) is 7.60. The van der Waals surface area contributed by atoms with E-state index in [9.17, 15) is 0 Å². The third-order valence-electron chi connectivity index (χ3n) is 4.69. The van der Waals surface area contributed by atoms with Gasteiger partial charge in [0.2, 0.25) is 0 Å². The van der Waals surface area contributed by atoms with Crippen LogP contribution in [0.4, 0.5) is 0 Å². The molecule has 1 saturated heterocycles. The maximum absolute atomic E-state index is 5.50. The maximum atomic E-state index is 5.50. The van der Waals surface area contributed by atoms with E-state index in [1.807, 2.05) is 12.3 Å². The van der Waals surface area contributed by atoms with Gasteiger partial charge in [0.25, 0.3) is 0 Å². The van der Waals surface area contributed by atoms with Gasteiger partial charge in [-0.25, -0.2) is 0 Å². The maximum Gasteiger partial charge on any atom is 0.0594 e. The Bertz CT molecular complexity index is 392. The quantitative estimate of drug-likeness (QED) is 0.859. The molecule has 4 heteroatoms. The predicted molar refractivity (Wildman–Crippen MR) is 81.9 cm³/mol. The summed E-state index contributed by atoms with van der Waals surface area (Å²) in [5.41, 5.74) is 1.29. The number of rotatable bonds is 6. The van der Waals surface area contributed by atoms with Crippen LogP contribution in [-0.4, -0.2) is 54.8 Å². The summed E-state index contributed by atoms with van der Waals surface area (Å²) >= 11 is 0. The van der Waals surface area contributed by atoms with Crippen molar-refractivity contribution in [1.29, 1.82) is 0 Å². The van der Waals surface area contributed by atoms with Crippen molar-refractivity contribution in [1.82, 2.24) is 15.2 Å². The molecule has 2 unspecified atom stereocenters. The number of nitrogens with one attached hydrogen (secondary N) is 1. The molecule has 112 valence electrons. The molecule has 1 fully saturated rings. The van der Waals surface area contributed by atoms with Crippen LogP contribution in [0.25, 0.3) is 0 Å². The monoisotopic (exact) mass is 277 g/mol. The van der Waals surface area contributed by atoms with E-state index in [1.54, 1.807) is 0 Å². The number of hydrogen-bond acceptors (Lipinski definition) is 4. The summed E-state index contributed by atoms with van der Waals surface area (Å²) in [4.78, 5) is 7.05. The molecule has 2 heterocycles. The van der Waals surface area contributed by atoms with Gasteiger partial charge in [-0.05, 0) is 32.5 Å². The molecule has 4 nitrogen and oxygen atoms in total. The molecule has 1 aliphatic heterocycles. The second kappa shape index (κ2) is 7.16. The first kappa shape index (κ1) is 15.4. The second-order valence-corrected chi connectivity index (χ2v) is 5.68. The summed E-state index contributed by atoms with van der Waals surface area (Å²) in [5, 5.41) is 3.52. The van der Waals surface area contributed by atoms with E-state index in [1.165, 1.54) is 0 Å². The largest absolute Gasteiger partial charge is 0.379 e. The lowest BCUT2D eigenvalue weighted by Gasteiger charge is -2.47. The van der Waals surface area contributed by atoms with Gasteiger partial charge >= 0.3 is 0 Å². The van der Waals surface area contributed by atoms with E-state index in [0.717, 1.165) is 44.8 Å². The molecule has 1 aromatic heterocycles. The van der Waals surface area contributed by atoms with Crippen LogP contribution in [0.5, 0.6) is 0 Å². The van der Waals surface area contributed by atoms with Gasteiger partial charge < -0.3 is 10.1 Å². The molecule has 1 aliphatic rings. The zero-order valence-corrected chi connectivity index (χ0v) is 12.9. The summed E-state index contributed by atoms with van der Waals surface area (Å²) in [7, 11) is 2.06. The van der Waals surface area contributed by atoms with Crippen molar-refractivity contribution in [3.63, 3.8) is 0 Å². The Labute approximate surface area is 122 Å². The Hall–Kier alpha value is -0.970. The molecule has 0 spiro atoms. The van der Waals surface area contributed by atoms with Gasteiger partial charge in [-0.2, -0.15) is 0 Å². The van der Waals surface area contributed by atoms with Crippen LogP contribution in [0, 0.1) is 0 Å². The number of aromatic nitrogens is 1. The smallest absolute Gasteiger partial charge is 0.0594 e. The zero-order chi connectivity index (χ0) is 14.4. The Morgan fingerprint density at radius 1 is 1.40 bits per heavy atom.